The third kappa shape index (κ3) is 3.06. The summed E-state index contributed by atoms with van der Waals surface area (Å²) in [6, 6.07) is 4.71. The summed E-state index contributed by atoms with van der Waals surface area (Å²) >= 11 is 0. The molecule has 0 radical (unpaired) electrons. The number of aryl methyl sites for hydroxylation is 1. The third-order valence-corrected chi connectivity index (χ3v) is 4.37. The normalized spacial score (nSPS) is 11.6. The highest BCUT2D eigenvalue weighted by molar-refractivity contribution is 7.89. The van der Waals surface area contributed by atoms with Crippen molar-refractivity contribution < 1.29 is 13.2 Å². The second-order valence-corrected chi connectivity index (χ2v) is 6.14. The van der Waals surface area contributed by atoms with E-state index in [1.165, 1.54) is 20.2 Å². The summed E-state index contributed by atoms with van der Waals surface area (Å²) in [5.41, 5.74) is 6.22. The first-order valence-corrected chi connectivity index (χ1v) is 6.76. The van der Waals surface area contributed by atoms with Crippen molar-refractivity contribution in [1.29, 1.82) is 0 Å². The number of benzene rings is 1. The number of nitrogens with one attached hydrogen (secondary N) is 1. The summed E-state index contributed by atoms with van der Waals surface area (Å²) in [5, 5.41) is 2.52. The molecule has 6 nitrogen and oxygen atoms in total. The number of nitrogens with zero attached hydrogens (tertiary/aromatic N) is 1. The number of hydrogen-bond acceptors (Lipinski definition) is 4. The van der Waals surface area contributed by atoms with Gasteiger partial charge < -0.3 is 11.1 Å². The lowest BCUT2D eigenvalue weighted by molar-refractivity contribution is -0.114. The molecule has 18 heavy (non-hydrogen) atoms. The Labute approximate surface area is 107 Å². The van der Waals surface area contributed by atoms with Gasteiger partial charge in [0.15, 0.2) is 0 Å². The van der Waals surface area contributed by atoms with Crippen LogP contribution in [0.1, 0.15) is 5.56 Å². The minimum absolute atomic E-state index is 0.149. The number of amides is 1. The number of carbonyl (C=O) groups excluding carboxylic acids is 1. The zero-order chi connectivity index (χ0) is 13.9. The summed E-state index contributed by atoms with van der Waals surface area (Å²) in [6.07, 6.45) is 0. The Balaban J connectivity index is 3.22. The average molecular weight is 271 g/mol. The minimum Gasteiger partial charge on any atom is -0.325 e. The van der Waals surface area contributed by atoms with Crippen LogP contribution < -0.4 is 11.1 Å². The molecular weight excluding hydrogens is 254 g/mol. The number of hydrogen-bond donors (Lipinski definition) is 2. The molecule has 3 N–H and O–H groups in total. The van der Waals surface area contributed by atoms with E-state index in [2.05, 4.69) is 5.32 Å². The topological polar surface area (TPSA) is 92.5 Å². The summed E-state index contributed by atoms with van der Waals surface area (Å²) in [7, 11) is -0.605. The van der Waals surface area contributed by atoms with Gasteiger partial charge in [-0.3, -0.25) is 4.79 Å². The van der Waals surface area contributed by atoms with E-state index in [4.69, 9.17) is 5.73 Å². The van der Waals surface area contributed by atoms with Crippen LogP contribution in [-0.4, -0.2) is 39.3 Å². The van der Waals surface area contributed by atoms with Crippen molar-refractivity contribution in [3.63, 3.8) is 0 Å². The molecule has 100 valence electrons. The molecule has 0 spiro atoms. The lowest BCUT2D eigenvalue weighted by Crippen LogP contribution is -2.24. The van der Waals surface area contributed by atoms with Gasteiger partial charge in [0.25, 0.3) is 0 Å². The number of rotatable bonds is 4. The zero-order valence-electron chi connectivity index (χ0n) is 10.6. The van der Waals surface area contributed by atoms with Gasteiger partial charge in [0.05, 0.1) is 11.4 Å². The van der Waals surface area contributed by atoms with Crippen molar-refractivity contribution in [2.75, 3.05) is 26.0 Å². The fraction of sp³-hybridized carbons (Fsp3) is 0.364. The highest BCUT2D eigenvalue weighted by Gasteiger charge is 2.20. The van der Waals surface area contributed by atoms with Crippen molar-refractivity contribution in [3.05, 3.63) is 23.8 Å². The Hall–Kier alpha value is -1.44. The molecule has 0 saturated heterocycles. The molecule has 0 aromatic heterocycles. The molecule has 1 rings (SSSR count). The van der Waals surface area contributed by atoms with Crippen LogP contribution in [0.3, 0.4) is 0 Å². The van der Waals surface area contributed by atoms with Crippen molar-refractivity contribution >= 4 is 21.6 Å². The van der Waals surface area contributed by atoms with Crippen molar-refractivity contribution in [2.24, 2.45) is 5.73 Å². The van der Waals surface area contributed by atoms with Crippen LogP contribution in [0.15, 0.2) is 23.1 Å². The molecule has 0 fully saturated rings. The van der Waals surface area contributed by atoms with E-state index in [0.717, 1.165) is 4.31 Å². The predicted octanol–water partition coefficient (Wildman–Crippen LogP) is 0.143. The number of carbonyl (C=O) groups is 1. The number of anilines is 1. The molecule has 0 unspecified atom stereocenters. The monoisotopic (exact) mass is 271 g/mol. The number of sulfonamides is 1. The molecule has 1 amide bonds. The van der Waals surface area contributed by atoms with Gasteiger partial charge in [0, 0.05) is 19.8 Å². The standard InChI is InChI=1S/C11H17N3O3S/c1-8-4-5-9(13-11(15)7-12)6-10(8)18(16,17)14(2)3/h4-6H,7,12H2,1-3H3,(H,13,15). The van der Waals surface area contributed by atoms with Gasteiger partial charge in [-0.2, -0.15) is 0 Å². The Kier molecular flexibility index (Phi) is 4.44. The highest BCUT2D eigenvalue weighted by atomic mass is 32.2. The molecular formula is C11H17N3O3S. The number of nitrogens with two attached hydrogens (primary N) is 1. The van der Waals surface area contributed by atoms with E-state index in [9.17, 15) is 13.2 Å². The SMILES string of the molecule is Cc1ccc(NC(=O)CN)cc1S(=O)(=O)N(C)C. The first-order chi connectivity index (χ1) is 8.28. The molecule has 1 aromatic rings. The first-order valence-electron chi connectivity index (χ1n) is 5.32. The minimum atomic E-state index is -3.52. The molecule has 0 atom stereocenters. The van der Waals surface area contributed by atoms with Crippen LogP contribution in [0.2, 0.25) is 0 Å². The Bertz CT molecular complexity index is 553. The van der Waals surface area contributed by atoms with Gasteiger partial charge in [-0.15, -0.1) is 0 Å². The van der Waals surface area contributed by atoms with Crippen molar-refractivity contribution in [3.8, 4) is 0 Å². The Morgan fingerprint density at radius 3 is 2.50 bits per heavy atom. The summed E-state index contributed by atoms with van der Waals surface area (Å²) < 4.78 is 25.2. The molecule has 0 aliphatic carbocycles. The molecule has 0 saturated carbocycles. The smallest absolute Gasteiger partial charge is 0.242 e. The largest absolute Gasteiger partial charge is 0.325 e. The van der Waals surface area contributed by atoms with Gasteiger partial charge >= 0.3 is 0 Å². The van der Waals surface area contributed by atoms with Crippen molar-refractivity contribution in [2.45, 2.75) is 11.8 Å². The maximum Gasteiger partial charge on any atom is 0.242 e. The van der Waals surface area contributed by atoms with Crippen LogP contribution >= 0.6 is 0 Å². The van der Waals surface area contributed by atoms with Gasteiger partial charge in [0.1, 0.15) is 0 Å². The molecule has 1 aromatic carbocycles. The summed E-state index contributed by atoms with van der Waals surface area (Å²) in [4.78, 5) is 11.3. The molecule has 0 aliphatic heterocycles. The summed E-state index contributed by atoms with van der Waals surface area (Å²) in [5.74, 6) is -0.368. The van der Waals surface area contributed by atoms with E-state index in [-0.39, 0.29) is 17.3 Å². The van der Waals surface area contributed by atoms with E-state index < -0.39 is 10.0 Å². The van der Waals surface area contributed by atoms with Crippen LogP contribution in [0.5, 0.6) is 0 Å². The second kappa shape index (κ2) is 5.47. The first kappa shape index (κ1) is 14.6. The molecule has 0 bridgehead atoms. The highest BCUT2D eigenvalue weighted by Crippen LogP contribution is 2.22. The Morgan fingerprint density at radius 2 is 2.00 bits per heavy atom. The fourth-order valence-electron chi connectivity index (χ4n) is 1.36. The van der Waals surface area contributed by atoms with E-state index in [1.807, 2.05) is 0 Å². The zero-order valence-corrected chi connectivity index (χ0v) is 11.4. The Morgan fingerprint density at radius 1 is 1.39 bits per heavy atom. The fourth-order valence-corrected chi connectivity index (χ4v) is 2.51. The van der Waals surface area contributed by atoms with E-state index >= 15 is 0 Å². The molecule has 7 heteroatoms. The van der Waals surface area contributed by atoms with Gasteiger partial charge in [-0.1, -0.05) is 6.07 Å². The maximum atomic E-state index is 12.0. The lowest BCUT2D eigenvalue weighted by Gasteiger charge is -2.15. The van der Waals surface area contributed by atoms with Crippen LogP contribution in [0.25, 0.3) is 0 Å². The van der Waals surface area contributed by atoms with Crippen LogP contribution in [-0.2, 0) is 14.8 Å². The van der Waals surface area contributed by atoms with Gasteiger partial charge in [-0.05, 0) is 24.6 Å². The van der Waals surface area contributed by atoms with Crippen molar-refractivity contribution in [1.82, 2.24) is 4.31 Å². The molecule has 0 heterocycles. The predicted molar refractivity (Wildman–Crippen MR) is 69.7 cm³/mol. The van der Waals surface area contributed by atoms with Gasteiger partial charge in [0.2, 0.25) is 15.9 Å². The van der Waals surface area contributed by atoms with Gasteiger partial charge in [-0.25, -0.2) is 12.7 Å². The maximum absolute atomic E-state index is 12.0. The third-order valence-electron chi connectivity index (χ3n) is 2.42. The summed E-state index contributed by atoms with van der Waals surface area (Å²) in [6.45, 7) is 1.55. The molecule has 0 aliphatic rings. The van der Waals surface area contributed by atoms with Crippen LogP contribution in [0, 0.1) is 6.92 Å². The second-order valence-electron chi connectivity index (χ2n) is 4.02. The quantitative estimate of drug-likeness (QED) is 0.815. The lowest BCUT2D eigenvalue weighted by atomic mass is 10.2. The van der Waals surface area contributed by atoms with E-state index in [1.54, 1.807) is 19.1 Å². The van der Waals surface area contributed by atoms with E-state index in [0.29, 0.717) is 11.3 Å². The average Bonchev–Trinajstić information content (AvgIpc) is 2.31. The van der Waals surface area contributed by atoms with Crippen LogP contribution in [0.4, 0.5) is 5.69 Å².